The molecule has 0 aromatic heterocycles. The summed E-state index contributed by atoms with van der Waals surface area (Å²) in [6.07, 6.45) is 0. The van der Waals surface area contributed by atoms with Crippen LogP contribution in [-0.2, 0) is 0 Å². The molecule has 0 saturated carbocycles. The molecule has 6 nitrogen and oxygen atoms in total. The van der Waals surface area contributed by atoms with Crippen molar-refractivity contribution >= 4 is 5.97 Å². The van der Waals surface area contributed by atoms with Gasteiger partial charge in [0.1, 0.15) is 41.8 Å². The maximum Gasteiger partial charge on any atom is 0.339 e. The topological polar surface area (TPSA) is 85.2 Å². The zero-order valence-corrected chi connectivity index (χ0v) is 12.7. The van der Waals surface area contributed by atoms with E-state index in [1.54, 1.807) is 12.1 Å². The van der Waals surface area contributed by atoms with E-state index in [0.717, 1.165) is 5.75 Å². The lowest BCUT2D eigenvalue weighted by molar-refractivity contribution is 0.0693. The monoisotopic (exact) mass is 318 g/mol. The average molecular weight is 318 g/mol. The van der Waals surface area contributed by atoms with Gasteiger partial charge in [0.2, 0.25) is 0 Å². The SMILES string of the molecule is CCOc1ccc(OCCOc2ccc(C(=O)O)c(O)c2)cc1. The lowest BCUT2D eigenvalue weighted by Gasteiger charge is -2.10. The summed E-state index contributed by atoms with van der Waals surface area (Å²) in [5, 5.41) is 18.4. The number of hydrogen-bond donors (Lipinski definition) is 2. The summed E-state index contributed by atoms with van der Waals surface area (Å²) in [7, 11) is 0. The Hall–Kier alpha value is -2.89. The molecule has 122 valence electrons. The van der Waals surface area contributed by atoms with Gasteiger partial charge in [0.05, 0.1) is 6.61 Å². The van der Waals surface area contributed by atoms with E-state index in [1.165, 1.54) is 18.2 Å². The minimum Gasteiger partial charge on any atom is -0.507 e. The lowest BCUT2D eigenvalue weighted by Crippen LogP contribution is -2.09. The van der Waals surface area contributed by atoms with Crippen LogP contribution in [0.4, 0.5) is 0 Å². The van der Waals surface area contributed by atoms with Crippen LogP contribution >= 0.6 is 0 Å². The highest BCUT2D eigenvalue weighted by atomic mass is 16.5. The number of hydrogen-bond acceptors (Lipinski definition) is 5. The summed E-state index contributed by atoms with van der Waals surface area (Å²) in [5.41, 5.74) is -0.164. The summed E-state index contributed by atoms with van der Waals surface area (Å²) in [5.74, 6) is 0.337. The summed E-state index contributed by atoms with van der Waals surface area (Å²) < 4.78 is 16.3. The van der Waals surface area contributed by atoms with Crippen molar-refractivity contribution in [2.75, 3.05) is 19.8 Å². The molecule has 0 atom stereocenters. The van der Waals surface area contributed by atoms with Crippen LogP contribution < -0.4 is 14.2 Å². The third-order valence-corrected chi connectivity index (χ3v) is 2.96. The van der Waals surface area contributed by atoms with Gasteiger partial charge in [0.15, 0.2) is 0 Å². The molecule has 0 radical (unpaired) electrons. The number of phenols is 1. The Morgan fingerprint density at radius 3 is 1.96 bits per heavy atom. The smallest absolute Gasteiger partial charge is 0.339 e. The zero-order chi connectivity index (χ0) is 16.7. The molecular weight excluding hydrogens is 300 g/mol. The van der Waals surface area contributed by atoms with Crippen LogP contribution in [0.2, 0.25) is 0 Å². The Labute approximate surface area is 133 Å². The van der Waals surface area contributed by atoms with Crippen molar-refractivity contribution in [1.82, 2.24) is 0 Å². The molecule has 0 unspecified atom stereocenters. The summed E-state index contributed by atoms with van der Waals surface area (Å²) >= 11 is 0. The second-order valence-corrected chi connectivity index (χ2v) is 4.59. The maximum absolute atomic E-state index is 10.8. The fourth-order valence-corrected chi connectivity index (χ4v) is 1.90. The third-order valence-electron chi connectivity index (χ3n) is 2.96. The molecule has 0 aliphatic heterocycles. The molecule has 2 N–H and O–H groups in total. The van der Waals surface area contributed by atoms with Crippen LogP contribution in [0.15, 0.2) is 42.5 Å². The highest BCUT2D eigenvalue weighted by Gasteiger charge is 2.10. The first-order valence-corrected chi connectivity index (χ1v) is 7.15. The van der Waals surface area contributed by atoms with Crippen LogP contribution in [0.25, 0.3) is 0 Å². The van der Waals surface area contributed by atoms with Crippen molar-refractivity contribution in [3.05, 3.63) is 48.0 Å². The number of aromatic carboxylic acids is 1. The number of benzene rings is 2. The molecule has 23 heavy (non-hydrogen) atoms. The highest BCUT2D eigenvalue weighted by molar-refractivity contribution is 5.90. The Morgan fingerprint density at radius 1 is 0.913 bits per heavy atom. The van der Waals surface area contributed by atoms with E-state index in [9.17, 15) is 9.90 Å². The number of carbonyl (C=O) groups is 1. The molecule has 0 bridgehead atoms. The first-order chi connectivity index (χ1) is 11.1. The fraction of sp³-hybridized carbons (Fsp3) is 0.235. The van der Waals surface area contributed by atoms with E-state index in [2.05, 4.69) is 0 Å². The van der Waals surface area contributed by atoms with Crippen molar-refractivity contribution in [1.29, 1.82) is 0 Å². The Bertz CT molecular complexity index is 651. The standard InChI is InChI=1S/C17H18O6/c1-2-21-12-3-5-13(6-4-12)22-9-10-23-14-7-8-15(17(19)20)16(18)11-14/h3-8,11,18H,2,9-10H2,1H3,(H,19,20). The minimum absolute atomic E-state index is 0.164. The quantitative estimate of drug-likeness (QED) is 0.728. The zero-order valence-electron chi connectivity index (χ0n) is 12.7. The van der Waals surface area contributed by atoms with Gasteiger partial charge in [-0.25, -0.2) is 4.79 Å². The van der Waals surface area contributed by atoms with Crippen LogP contribution in [0.1, 0.15) is 17.3 Å². The van der Waals surface area contributed by atoms with Crippen molar-refractivity contribution in [2.24, 2.45) is 0 Å². The fourth-order valence-electron chi connectivity index (χ4n) is 1.90. The van der Waals surface area contributed by atoms with Crippen molar-refractivity contribution < 1.29 is 29.2 Å². The molecule has 0 aliphatic rings. The van der Waals surface area contributed by atoms with Gasteiger partial charge < -0.3 is 24.4 Å². The average Bonchev–Trinajstić information content (AvgIpc) is 2.53. The van der Waals surface area contributed by atoms with Gasteiger partial charge in [-0.2, -0.15) is 0 Å². The van der Waals surface area contributed by atoms with Gasteiger partial charge in [-0.3, -0.25) is 0 Å². The number of carboxylic acids is 1. The van der Waals surface area contributed by atoms with E-state index in [0.29, 0.717) is 24.7 Å². The molecule has 0 amide bonds. The molecule has 2 aromatic rings. The van der Waals surface area contributed by atoms with E-state index in [1.807, 2.05) is 19.1 Å². The second kappa shape index (κ2) is 7.93. The third kappa shape index (κ3) is 4.81. The lowest BCUT2D eigenvalue weighted by atomic mass is 10.2. The molecule has 0 aliphatic carbocycles. The molecule has 0 spiro atoms. The molecule has 2 aromatic carbocycles. The highest BCUT2D eigenvalue weighted by Crippen LogP contribution is 2.23. The van der Waals surface area contributed by atoms with Crippen molar-refractivity contribution in [2.45, 2.75) is 6.92 Å². The van der Waals surface area contributed by atoms with Gasteiger partial charge in [-0.1, -0.05) is 0 Å². The normalized spacial score (nSPS) is 10.1. The van der Waals surface area contributed by atoms with Crippen molar-refractivity contribution in [3.8, 4) is 23.0 Å². The van der Waals surface area contributed by atoms with Gasteiger partial charge in [0, 0.05) is 6.07 Å². The number of rotatable bonds is 8. The van der Waals surface area contributed by atoms with Crippen LogP contribution in [0, 0.1) is 0 Å². The molecule has 0 saturated heterocycles. The molecule has 0 heterocycles. The van der Waals surface area contributed by atoms with E-state index in [-0.39, 0.29) is 17.9 Å². The first kappa shape index (κ1) is 16.5. The Balaban J connectivity index is 1.79. The van der Waals surface area contributed by atoms with Crippen LogP contribution in [0.3, 0.4) is 0 Å². The van der Waals surface area contributed by atoms with E-state index < -0.39 is 5.97 Å². The number of carboxylic acid groups (broad SMARTS) is 1. The predicted molar refractivity (Wildman–Crippen MR) is 83.7 cm³/mol. The van der Waals surface area contributed by atoms with Gasteiger partial charge >= 0.3 is 5.97 Å². The predicted octanol–water partition coefficient (Wildman–Crippen LogP) is 2.95. The first-order valence-electron chi connectivity index (χ1n) is 7.15. The molecule has 2 rings (SSSR count). The van der Waals surface area contributed by atoms with E-state index in [4.69, 9.17) is 19.3 Å². The summed E-state index contributed by atoms with van der Waals surface area (Å²) in [6, 6.07) is 11.3. The Morgan fingerprint density at radius 2 is 1.43 bits per heavy atom. The van der Waals surface area contributed by atoms with Crippen LogP contribution in [-0.4, -0.2) is 36.0 Å². The van der Waals surface area contributed by atoms with Gasteiger partial charge in [-0.05, 0) is 43.3 Å². The van der Waals surface area contributed by atoms with Crippen LogP contribution in [0.5, 0.6) is 23.0 Å². The van der Waals surface area contributed by atoms with Crippen molar-refractivity contribution in [3.63, 3.8) is 0 Å². The van der Waals surface area contributed by atoms with Gasteiger partial charge in [0.25, 0.3) is 0 Å². The minimum atomic E-state index is -1.19. The summed E-state index contributed by atoms with van der Waals surface area (Å²) in [4.78, 5) is 10.8. The largest absolute Gasteiger partial charge is 0.507 e. The van der Waals surface area contributed by atoms with E-state index >= 15 is 0 Å². The molecule has 0 fully saturated rings. The Kier molecular flexibility index (Phi) is 5.68. The number of ether oxygens (including phenoxy) is 3. The second-order valence-electron chi connectivity index (χ2n) is 4.59. The number of aromatic hydroxyl groups is 1. The molecular formula is C17H18O6. The summed E-state index contributed by atoms with van der Waals surface area (Å²) in [6.45, 7) is 3.11. The maximum atomic E-state index is 10.8. The molecule has 6 heteroatoms. The van der Waals surface area contributed by atoms with Gasteiger partial charge in [-0.15, -0.1) is 0 Å².